The number of hydrogen-bond acceptors (Lipinski definition) is 2. The highest BCUT2D eigenvalue weighted by molar-refractivity contribution is 6.22. The third-order valence-corrected chi connectivity index (χ3v) is 3.28. The number of nitrogens with zero attached hydrogens (tertiary/aromatic N) is 2. The first-order chi connectivity index (χ1) is 7.76. The summed E-state index contributed by atoms with van der Waals surface area (Å²) >= 11 is 6.17. The van der Waals surface area contributed by atoms with Crippen molar-refractivity contribution in [3.63, 3.8) is 0 Å². The van der Waals surface area contributed by atoms with Gasteiger partial charge in [-0.2, -0.15) is 5.10 Å². The van der Waals surface area contributed by atoms with Gasteiger partial charge in [0.1, 0.15) is 5.69 Å². The number of methoxy groups -OCH3 is 1. The molecule has 0 aliphatic heterocycles. The third kappa shape index (κ3) is 2.09. The number of rotatable bonds is 3. The lowest BCUT2D eigenvalue weighted by molar-refractivity contribution is 0.412. The van der Waals surface area contributed by atoms with Crippen LogP contribution in [0.4, 0.5) is 0 Å². The van der Waals surface area contributed by atoms with E-state index in [1.165, 1.54) is 5.57 Å². The normalized spacial score (nSPS) is 20.7. The smallest absolute Gasteiger partial charge is 0.164 e. The van der Waals surface area contributed by atoms with Crippen LogP contribution in [0.1, 0.15) is 31.9 Å². The summed E-state index contributed by atoms with van der Waals surface area (Å²) < 4.78 is 7.32. The van der Waals surface area contributed by atoms with Gasteiger partial charge in [0.2, 0.25) is 0 Å². The van der Waals surface area contributed by atoms with E-state index >= 15 is 0 Å². The van der Waals surface area contributed by atoms with Crippen LogP contribution in [0.3, 0.4) is 0 Å². The molecule has 0 amide bonds. The largest absolute Gasteiger partial charge is 0.493 e. The summed E-state index contributed by atoms with van der Waals surface area (Å²) in [6, 6.07) is 0. The lowest BCUT2D eigenvalue weighted by atomic mass is 9.96. The van der Waals surface area contributed by atoms with Crippen molar-refractivity contribution in [2.75, 3.05) is 7.11 Å². The number of ether oxygens (including phenoxy) is 1. The Labute approximate surface area is 101 Å². The molecular weight excluding hydrogens is 224 g/mol. The van der Waals surface area contributed by atoms with Gasteiger partial charge in [0, 0.05) is 6.54 Å². The molecule has 0 saturated heterocycles. The summed E-state index contributed by atoms with van der Waals surface area (Å²) in [7, 11) is 1.68. The fourth-order valence-corrected chi connectivity index (χ4v) is 2.46. The second-order valence-corrected chi connectivity index (χ2v) is 4.54. The van der Waals surface area contributed by atoms with Crippen LogP contribution in [-0.2, 0) is 6.54 Å². The average molecular weight is 241 g/mol. The first-order valence-corrected chi connectivity index (χ1v) is 6.14. The SMILES string of the molecule is CCn1ncc(OC)c1C1=CC(Cl)CCC1. The highest BCUT2D eigenvalue weighted by Gasteiger charge is 2.19. The molecule has 0 spiro atoms. The van der Waals surface area contributed by atoms with E-state index in [1.54, 1.807) is 13.3 Å². The third-order valence-electron chi connectivity index (χ3n) is 2.94. The van der Waals surface area contributed by atoms with Crippen molar-refractivity contribution in [3.8, 4) is 5.75 Å². The molecule has 1 aliphatic rings. The van der Waals surface area contributed by atoms with E-state index < -0.39 is 0 Å². The molecule has 3 nitrogen and oxygen atoms in total. The first-order valence-electron chi connectivity index (χ1n) is 5.71. The van der Waals surface area contributed by atoms with Crippen LogP contribution in [0.5, 0.6) is 5.75 Å². The van der Waals surface area contributed by atoms with Crippen LogP contribution in [0.15, 0.2) is 12.3 Å². The molecule has 0 bridgehead atoms. The molecule has 0 radical (unpaired) electrons. The standard InChI is InChI=1S/C12H17ClN2O/c1-3-15-12(11(16-2)8-14-15)9-5-4-6-10(13)7-9/h7-8,10H,3-6H2,1-2H3. The number of halogens is 1. The molecule has 0 fully saturated rings. The van der Waals surface area contributed by atoms with Crippen LogP contribution >= 0.6 is 11.6 Å². The fourth-order valence-electron chi connectivity index (χ4n) is 2.15. The number of aromatic nitrogens is 2. The Hall–Kier alpha value is -0.960. The van der Waals surface area contributed by atoms with Crippen molar-refractivity contribution < 1.29 is 4.74 Å². The minimum atomic E-state index is 0.147. The van der Waals surface area contributed by atoms with Gasteiger partial charge in [-0.25, -0.2) is 0 Å². The summed E-state index contributed by atoms with van der Waals surface area (Å²) in [6.07, 6.45) is 7.17. The maximum atomic E-state index is 6.17. The lowest BCUT2D eigenvalue weighted by Gasteiger charge is -2.18. The topological polar surface area (TPSA) is 27.1 Å². The Morgan fingerprint density at radius 3 is 3.06 bits per heavy atom. The van der Waals surface area contributed by atoms with Crippen molar-refractivity contribution in [2.45, 2.75) is 38.1 Å². The molecule has 1 aromatic rings. The van der Waals surface area contributed by atoms with E-state index in [4.69, 9.17) is 16.3 Å². The van der Waals surface area contributed by atoms with Crippen molar-refractivity contribution in [2.24, 2.45) is 0 Å². The van der Waals surface area contributed by atoms with Crippen LogP contribution in [-0.4, -0.2) is 22.3 Å². The molecule has 4 heteroatoms. The first kappa shape index (κ1) is 11.5. The Bertz CT molecular complexity index is 376. The van der Waals surface area contributed by atoms with Crippen LogP contribution < -0.4 is 4.74 Å². The molecular formula is C12H17ClN2O. The Balaban J connectivity index is 2.41. The predicted octanol–water partition coefficient (Wildman–Crippen LogP) is 3.09. The molecule has 1 atom stereocenters. The van der Waals surface area contributed by atoms with Gasteiger partial charge in [0.15, 0.2) is 5.75 Å². The molecule has 16 heavy (non-hydrogen) atoms. The zero-order chi connectivity index (χ0) is 11.5. The van der Waals surface area contributed by atoms with E-state index in [2.05, 4.69) is 18.1 Å². The Kier molecular flexibility index (Phi) is 3.54. The molecule has 1 aliphatic carbocycles. The van der Waals surface area contributed by atoms with Gasteiger partial charge in [0.25, 0.3) is 0 Å². The van der Waals surface area contributed by atoms with Gasteiger partial charge in [-0.1, -0.05) is 6.08 Å². The molecule has 1 unspecified atom stereocenters. The van der Waals surface area contributed by atoms with Gasteiger partial charge < -0.3 is 4.74 Å². The molecule has 1 heterocycles. The fraction of sp³-hybridized carbons (Fsp3) is 0.583. The molecule has 0 saturated carbocycles. The van der Waals surface area contributed by atoms with E-state index in [0.717, 1.165) is 37.3 Å². The van der Waals surface area contributed by atoms with Gasteiger partial charge >= 0.3 is 0 Å². The van der Waals surface area contributed by atoms with Crippen molar-refractivity contribution in [1.29, 1.82) is 0 Å². The Morgan fingerprint density at radius 2 is 2.44 bits per heavy atom. The quantitative estimate of drug-likeness (QED) is 0.760. The lowest BCUT2D eigenvalue weighted by Crippen LogP contribution is -2.08. The minimum Gasteiger partial charge on any atom is -0.493 e. The van der Waals surface area contributed by atoms with Gasteiger partial charge in [0.05, 0.1) is 18.7 Å². The molecule has 1 aromatic heterocycles. The molecule has 0 aromatic carbocycles. The number of alkyl halides is 1. The van der Waals surface area contributed by atoms with Gasteiger partial charge in [-0.15, -0.1) is 11.6 Å². The van der Waals surface area contributed by atoms with Crippen molar-refractivity contribution >= 4 is 17.2 Å². The van der Waals surface area contributed by atoms with Crippen LogP contribution in [0.25, 0.3) is 5.57 Å². The second-order valence-electron chi connectivity index (χ2n) is 3.98. The Morgan fingerprint density at radius 1 is 1.62 bits per heavy atom. The van der Waals surface area contributed by atoms with Crippen molar-refractivity contribution in [3.05, 3.63) is 18.0 Å². The number of aryl methyl sites for hydroxylation is 1. The summed E-state index contributed by atoms with van der Waals surface area (Å²) in [5.41, 5.74) is 2.36. The van der Waals surface area contributed by atoms with Gasteiger partial charge in [-0.3, -0.25) is 4.68 Å². The highest BCUT2D eigenvalue weighted by atomic mass is 35.5. The van der Waals surface area contributed by atoms with E-state index in [0.29, 0.717) is 0 Å². The van der Waals surface area contributed by atoms with Crippen LogP contribution in [0, 0.1) is 0 Å². The number of hydrogen-bond donors (Lipinski definition) is 0. The highest BCUT2D eigenvalue weighted by Crippen LogP contribution is 2.34. The van der Waals surface area contributed by atoms with E-state index in [1.807, 2.05) is 4.68 Å². The van der Waals surface area contributed by atoms with Gasteiger partial charge in [-0.05, 0) is 31.8 Å². The zero-order valence-corrected chi connectivity index (χ0v) is 10.5. The van der Waals surface area contributed by atoms with Crippen LogP contribution in [0.2, 0.25) is 0 Å². The monoisotopic (exact) mass is 240 g/mol. The van der Waals surface area contributed by atoms with Crippen molar-refractivity contribution in [1.82, 2.24) is 9.78 Å². The molecule has 88 valence electrons. The summed E-state index contributed by atoms with van der Waals surface area (Å²) in [5.74, 6) is 0.846. The zero-order valence-electron chi connectivity index (χ0n) is 9.74. The maximum absolute atomic E-state index is 6.17. The van der Waals surface area contributed by atoms with E-state index in [9.17, 15) is 0 Å². The maximum Gasteiger partial charge on any atom is 0.164 e. The minimum absolute atomic E-state index is 0.147. The molecule has 0 N–H and O–H groups in total. The summed E-state index contributed by atoms with van der Waals surface area (Å²) in [4.78, 5) is 0. The second kappa shape index (κ2) is 4.91. The van der Waals surface area contributed by atoms with E-state index in [-0.39, 0.29) is 5.38 Å². The molecule has 2 rings (SSSR count). The summed E-state index contributed by atoms with van der Waals surface area (Å²) in [6.45, 7) is 2.93. The predicted molar refractivity (Wildman–Crippen MR) is 65.9 cm³/mol. The average Bonchev–Trinajstić information content (AvgIpc) is 2.71. The summed E-state index contributed by atoms with van der Waals surface area (Å²) in [5, 5.41) is 4.46. The number of allylic oxidation sites excluding steroid dienone is 2.